The molecule has 0 fully saturated rings. The minimum Gasteiger partial charge on any atom is -0.493 e. The van der Waals surface area contributed by atoms with E-state index in [1.165, 1.54) is 0 Å². The fourth-order valence-corrected chi connectivity index (χ4v) is 5.05. The maximum absolute atomic E-state index is 12.8. The second kappa shape index (κ2) is 16.0. The van der Waals surface area contributed by atoms with Gasteiger partial charge in [-0.25, -0.2) is 4.98 Å². The average Bonchev–Trinajstić information content (AvgIpc) is 3.35. The number of hydrogen-bond acceptors (Lipinski definition) is 5. The fraction of sp³-hybridized carbons (Fsp3) is 0.429. The van der Waals surface area contributed by atoms with Crippen LogP contribution in [0.25, 0.3) is 11.0 Å². The lowest BCUT2D eigenvalue weighted by atomic mass is 10.2. The molecule has 7 nitrogen and oxygen atoms in total. The summed E-state index contributed by atoms with van der Waals surface area (Å²) in [4.78, 5) is 22.0. The molecule has 7 heteroatoms. The van der Waals surface area contributed by atoms with Gasteiger partial charge < -0.3 is 23.8 Å². The molecule has 1 heterocycles. The highest BCUT2D eigenvalue weighted by Crippen LogP contribution is 2.25. The summed E-state index contributed by atoms with van der Waals surface area (Å²) in [6, 6.07) is 24.3. The zero-order valence-corrected chi connectivity index (χ0v) is 25.7. The van der Waals surface area contributed by atoms with Gasteiger partial charge in [-0.3, -0.25) is 4.79 Å². The first-order valence-electron chi connectivity index (χ1n) is 15.4. The smallest absolute Gasteiger partial charge is 0.220 e. The molecule has 0 aliphatic heterocycles. The normalized spacial score (nSPS) is 11.3. The van der Waals surface area contributed by atoms with Crippen molar-refractivity contribution < 1.29 is 14.3 Å². The lowest BCUT2D eigenvalue weighted by Crippen LogP contribution is -2.29. The van der Waals surface area contributed by atoms with Gasteiger partial charge in [0.2, 0.25) is 5.91 Å². The van der Waals surface area contributed by atoms with E-state index in [2.05, 4.69) is 48.4 Å². The second-order valence-electron chi connectivity index (χ2n) is 10.7. The third-order valence-electron chi connectivity index (χ3n) is 7.64. The summed E-state index contributed by atoms with van der Waals surface area (Å²) in [5.74, 6) is 2.59. The van der Waals surface area contributed by atoms with E-state index in [-0.39, 0.29) is 5.91 Å². The molecule has 1 aromatic heterocycles. The number of benzene rings is 3. The van der Waals surface area contributed by atoms with Gasteiger partial charge in [0.1, 0.15) is 23.9 Å². The molecule has 4 rings (SSSR count). The van der Waals surface area contributed by atoms with Crippen LogP contribution in [0.1, 0.15) is 63.9 Å². The van der Waals surface area contributed by atoms with Gasteiger partial charge in [0, 0.05) is 32.6 Å². The Labute approximate surface area is 251 Å². The van der Waals surface area contributed by atoms with Crippen molar-refractivity contribution in [2.45, 2.75) is 73.2 Å². The zero-order valence-electron chi connectivity index (χ0n) is 25.7. The number of carbonyl (C=O) groups excluding carboxylic acids is 1. The second-order valence-corrected chi connectivity index (χ2v) is 10.7. The summed E-state index contributed by atoms with van der Waals surface area (Å²) in [5, 5.41) is 0. The van der Waals surface area contributed by atoms with Crippen LogP contribution in [-0.4, -0.2) is 51.5 Å². The van der Waals surface area contributed by atoms with E-state index >= 15 is 0 Å². The van der Waals surface area contributed by atoms with E-state index in [0.29, 0.717) is 26.3 Å². The lowest BCUT2D eigenvalue weighted by molar-refractivity contribution is -0.130. The Bertz CT molecular complexity index is 1380. The zero-order chi connectivity index (χ0) is 29.7. The van der Waals surface area contributed by atoms with Crippen LogP contribution in [0.2, 0.25) is 0 Å². The maximum atomic E-state index is 12.8. The number of aryl methyl sites for hydroxylation is 1. The van der Waals surface area contributed by atoms with Crippen molar-refractivity contribution in [2.24, 2.45) is 0 Å². The summed E-state index contributed by atoms with van der Waals surface area (Å²) in [6.45, 7) is 14.4. The number of hydrogen-bond donors (Lipinski definition) is 0. The number of rotatable bonds is 17. The van der Waals surface area contributed by atoms with E-state index in [1.54, 1.807) is 6.92 Å². The fourth-order valence-electron chi connectivity index (χ4n) is 5.05. The summed E-state index contributed by atoms with van der Waals surface area (Å²) in [7, 11) is 0. The van der Waals surface area contributed by atoms with Crippen LogP contribution in [0.4, 0.5) is 0 Å². The largest absolute Gasteiger partial charge is 0.493 e. The number of nitrogens with zero attached hydrogens (tertiary/aromatic N) is 4. The standard InChI is InChI=1S/C35H46N4O3/c1-5-8-22-39-34-24-32(41-23-12-21-37(6-2)7-3)19-20-33(34)36-35(39)26-38(28(4)40)25-29-15-17-31(18-16-29)42-27-30-13-10-9-11-14-30/h9-11,13-20,24H,5-8,12,21-23,25-27H2,1-4H3. The van der Waals surface area contributed by atoms with Gasteiger partial charge in [-0.15, -0.1) is 0 Å². The molecular weight excluding hydrogens is 524 g/mol. The van der Waals surface area contributed by atoms with Crippen molar-refractivity contribution in [1.82, 2.24) is 19.4 Å². The van der Waals surface area contributed by atoms with Crippen molar-refractivity contribution in [3.63, 3.8) is 0 Å². The molecule has 0 aliphatic carbocycles. The first kappa shape index (κ1) is 31.1. The number of unbranched alkanes of at least 4 members (excludes halogenated alkanes) is 1. The molecule has 0 N–H and O–H groups in total. The van der Waals surface area contributed by atoms with Crippen LogP contribution < -0.4 is 9.47 Å². The third-order valence-corrected chi connectivity index (χ3v) is 7.64. The molecular formula is C35H46N4O3. The molecule has 0 bridgehead atoms. The van der Waals surface area contributed by atoms with Gasteiger partial charge in [0.25, 0.3) is 0 Å². The van der Waals surface area contributed by atoms with E-state index in [1.807, 2.05) is 59.5 Å². The Morgan fingerprint density at radius 3 is 2.26 bits per heavy atom. The molecule has 224 valence electrons. The van der Waals surface area contributed by atoms with Crippen LogP contribution in [0.5, 0.6) is 11.5 Å². The Hall–Kier alpha value is -3.84. The summed E-state index contributed by atoms with van der Waals surface area (Å²) >= 11 is 0. The van der Waals surface area contributed by atoms with Crippen molar-refractivity contribution in [3.8, 4) is 11.5 Å². The monoisotopic (exact) mass is 570 g/mol. The topological polar surface area (TPSA) is 59.8 Å². The number of imidazole rings is 1. The quantitative estimate of drug-likeness (QED) is 0.127. The van der Waals surface area contributed by atoms with Gasteiger partial charge >= 0.3 is 0 Å². The molecule has 3 aromatic carbocycles. The van der Waals surface area contributed by atoms with Crippen molar-refractivity contribution >= 4 is 16.9 Å². The lowest BCUT2D eigenvalue weighted by Gasteiger charge is -2.22. The molecule has 1 amide bonds. The van der Waals surface area contributed by atoms with Crippen LogP contribution in [0, 0.1) is 0 Å². The van der Waals surface area contributed by atoms with Crippen molar-refractivity contribution in [1.29, 1.82) is 0 Å². The average molecular weight is 571 g/mol. The third kappa shape index (κ3) is 8.83. The number of aromatic nitrogens is 2. The van der Waals surface area contributed by atoms with Crippen molar-refractivity contribution in [2.75, 3.05) is 26.2 Å². The number of fused-ring (bicyclic) bond motifs is 1. The molecule has 0 saturated carbocycles. The first-order chi connectivity index (χ1) is 20.5. The van der Waals surface area contributed by atoms with Crippen LogP contribution in [-0.2, 0) is 31.0 Å². The molecule has 0 saturated heterocycles. The summed E-state index contributed by atoms with van der Waals surface area (Å²) in [5.41, 5.74) is 4.17. The Morgan fingerprint density at radius 2 is 1.57 bits per heavy atom. The molecule has 42 heavy (non-hydrogen) atoms. The van der Waals surface area contributed by atoms with Gasteiger partial charge in [0.05, 0.1) is 24.2 Å². The minimum atomic E-state index is 0.0192. The van der Waals surface area contributed by atoms with Crippen LogP contribution in [0.15, 0.2) is 72.8 Å². The van der Waals surface area contributed by atoms with Crippen LogP contribution >= 0.6 is 0 Å². The van der Waals surface area contributed by atoms with Crippen molar-refractivity contribution in [3.05, 3.63) is 89.7 Å². The molecule has 0 aliphatic rings. The van der Waals surface area contributed by atoms with Gasteiger partial charge in [-0.2, -0.15) is 0 Å². The van der Waals surface area contributed by atoms with E-state index in [4.69, 9.17) is 14.5 Å². The van der Waals surface area contributed by atoms with E-state index in [0.717, 1.165) is 84.9 Å². The number of ether oxygens (including phenoxy) is 2. The summed E-state index contributed by atoms with van der Waals surface area (Å²) < 4.78 is 14.3. The summed E-state index contributed by atoms with van der Waals surface area (Å²) in [6.07, 6.45) is 3.11. The number of carbonyl (C=O) groups is 1. The Morgan fingerprint density at radius 1 is 0.833 bits per heavy atom. The van der Waals surface area contributed by atoms with Gasteiger partial charge in [-0.1, -0.05) is 69.7 Å². The molecule has 4 aromatic rings. The molecule has 0 unspecified atom stereocenters. The molecule has 0 radical (unpaired) electrons. The predicted octanol–water partition coefficient (Wildman–Crippen LogP) is 7.07. The maximum Gasteiger partial charge on any atom is 0.220 e. The molecule has 0 atom stereocenters. The predicted molar refractivity (Wildman–Crippen MR) is 170 cm³/mol. The van der Waals surface area contributed by atoms with Gasteiger partial charge in [-0.05, 0) is 61.3 Å². The highest BCUT2D eigenvalue weighted by Gasteiger charge is 2.18. The van der Waals surface area contributed by atoms with E-state index in [9.17, 15) is 4.79 Å². The Balaban J connectivity index is 1.44. The van der Waals surface area contributed by atoms with Crippen LogP contribution in [0.3, 0.4) is 0 Å². The number of amides is 1. The first-order valence-corrected chi connectivity index (χ1v) is 15.4. The highest BCUT2D eigenvalue weighted by atomic mass is 16.5. The highest BCUT2D eigenvalue weighted by molar-refractivity contribution is 5.78. The SMILES string of the molecule is CCCCn1c(CN(Cc2ccc(OCc3ccccc3)cc2)C(C)=O)nc2ccc(OCCCN(CC)CC)cc21. The van der Waals surface area contributed by atoms with E-state index < -0.39 is 0 Å². The Kier molecular flexibility index (Phi) is 11.8. The van der Waals surface area contributed by atoms with Gasteiger partial charge in [0.15, 0.2) is 0 Å². The molecule has 0 spiro atoms. The minimum absolute atomic E-state index is 0.0192.